The molecule has 0 radical (unpaired) electrons. The van der Waals surface area contributed by atoms with Crippen LogP contribution in [-0.2, 0) is 20.7 Å². The summed E-state index contributed by atoms with van der Waals surface area (Å²) in [6.07, 6.45) is 2.24. The van der Waals surface area contributed by atoms with Crippen LogP contribution in [0.5, 0.6) is 17.2 Å². The SMILES string of the molecule is CCCc1c(OCCCOc2cccc(NC(=O)C(=O)OCC)c2)ccc(C(C)=O)c1OC. The molecular formula is C25H31NO7. The number of hydrogen-bond donors (Lipinski definition) is 1. The number of carbonyl (C=O) groups excluding carboxylic acids is 3. The van der Waals surface area contributed by atoms with Crippen molar-refractivity contribution >= 4 is 23.3 Å². The predicted octanol–water partition coefficient (Wildman–Crippen LogP) is 4.20. The van der Waals surface area contributed by atoms with Crippen molar-refractivity contribution in [1.82, 2.24) is 0 Å². The van der Waals surface area contributed by atoms with Gasteiger partial charge < -0.3 is 24.3 Å². The van der Waals surface area contributed by atoms with Gasteiger partial charge in [-0.25, -0.2) is 4.79 Å². The lowest BCUT2D eigenvalue weighted by Gasteiger charge is -2.17. The Morgan fingerprint density at radius 1 is 1.00 bits per heavy atom. The van der Waals surface area contributed by atoms with E-state index in [2.05, 4.69) is 17.0 Å². The van der Waals surface area contributed by atoms with E-state index in [0.717, 1.165) is 18.4 Å². The number of benzene rings is 2. The summed E-state index contributed by atoms with van der Waals surface area (Å²) in [5.41, 5.74) is 1.87. The summed E-state index contributed by atoms with van der Waals surface area (Å²) in [6.45, 7) is 6.14. The number of ketones is 1. The van der Waals surface area contributed by atoms with E-state index in [0.29, 0.717) is 48.1 Å². The molecule has 0 aliphatic heterocycles. The number of hydrogen-bond acceptors (Lipinski definition) is 7. The van der Waals surface area contributed by atoms with Gasteiger partial charge in [-0.1, -0.05) is 19.4 Å². The number of esters is 1. The Kier molecular flexibility index (Phi) is 10.2. The summed E-state index contributed by atoms with van der Waals surface area (Å²) in [4.78, 5) is 35.1. The minimum Gasteiger partial charge on any atom is -0.496 e. The lowest BCUT2D eigenvalue weighted by Crippen LogP contribution is -2.24. The molecule has 33 heavy (non-hydrogen) atoms. The fraction of sp³-hybridized carbons (Fsp3) is 0.400. The van der Waals surface area contributed by atoms with Crippen LogP contribution in [0.1, 0.15) is 49.5 Å². The highest BCUT2D eigenvalue weighted by Crippen LogP contribution is 2.34. The maximum Gasteiger partial charge on any atom is 0.397 e. The fourth-order valence-corrected chi connectivity index (χ4v) is 3.22. The number of amides is 1. The molecule has 1 amide bonds. The van der Waals surface area contributed by atoms with E-state index in [-0.39, 0.29) is 12.4 Å². The van der Waals surface area contributed by atoms with Crippen molar-refractivity contribution < 1.29 is 33.3 Å². The van der Waals surface area contributed by atoms with E-state index < -0.39 is 11.9 Å². The molecule has 178 valence electrons. The number of nitrogens with one attached hydrogen (secondary N) is 1. The van der Waals surface area contributed by atoms with Crippen LogP contribution < -0.4 is 19.5 Å². The second kappa shape index (κ2) is 13.1. The normalized spacial score (nSPS) is 10.3. The third kappa shape index (κ3) is 7.52. The van der Waals surface area contributed by atoms with Gasteiger partial charge >= 0.3 is 11.9 Å². The van der Waals surface area contributed by atoms with Crippen LogP contribution in [0.2, 0.25) is 0 Å². The molecule has 8 nitrogen and oxygen atoms in total. The van der Waals surface area contributed by atoms with Gasteiger partial charge in [-0.3, -0.25) is 9.59 Å². The van der Waals surface area contributed by atoms with Crippen LogP contribution in [0.15, 0.2) is 36.4 Å². The Morgan fingerprint density at radius 3 is 2.42 bits per heavy atom. The smallest absolute Gasteiger partial charge is 0.397 e. The second-order valence-corrected chi connectivity index (χ2v) is 7.18. The maximum absolute atomic E-state index is 11.9. The zero-order valence-corrected chi connectivity index (χ0v) is 19.6. The molecule has 0 spiro atoms. The van der Waals surface area contributed by atoms with Crippen molar-refractivity contribution in [3.05, 3.63) is 47.5 Å². The number of ether oxygens (including phenoxy) is 4. The standard InChI is InChI=1S/C25H31NO7/c1-5-9-21-22(13-12-20(17(3)27)23(21)30-4)33-15-8-14-32-19-11-7-10-18(16-19)26-24(28)25(29)31-6-2/h7,10-13,16H,5-6,8-9,14-15H2,1-4H3,(H,26,28). The minimum atomic E-state index is -0.934. The van der Waals surface area contributed by atoms with E-state index in [1.54, 1.807) is 50.4 Å². The molecular weight excluding hydrogens is 426 g/mol. The highest BCUT2D eigenvalue weighted by molar-refractivity contribution is 6.37. The van der Waals surface area contributed by atoms with Crippen LogP contribution in [0, 0.1) is 0 Å². The van der Waals surface area contributed by atoms with Crippen molar-refractivity contribution in [2.75, 3.05) is 32.2 Å². The van der Waals surface area contributed by atoms with E-state index in [9.17, 15) is 14.4 Å². The van der Waals surface area contributed by atoms with E-state index in [1.807, 2.05) is 0 Å². The predicted molar refractivity (Wildman–Crippen MR) is 124 cm³/mol. The molecule has 0 bridgehead atoms. The first kappa shape index (κ1) is 25.7. The van der Waals surface area contributed by atoms with Crippen LogP contribution in [-0.4, -0.2) is 44.6 Å². The van der Waals surface area contributed by atoms with Gasteiger partial charge in [0.25, 0.3) is 0 Å². The Balaban J connectivity index is 1.90. The molecule has 2 aromatic carbocycles. The zero-order valence-electron chi connectivity index (χ0n) is 19.6. The van der Waals surface area contributed by atoms with Gasteiger partial charge in [0.1, 0.15) is 17.2 Å². The summed E-state index contributed by atoms with van der Waals surface area (Å²) in [7, 11) is 1.56. The largest absolute Gasteiger partial charge is 0.496 e. The van der Waals surface area contributed by atoms with Crippen molar-refractivity contribution in [3.63, 3.8) is 0 Å². The van der Waals surface area contributed by atoms with Gasteiger partial charge in [-0.15, -0.1) is 0 Å². The average molecular weight is 458 g/mol. The van der Waals surface area contributed by atoms with Gasteiger partial charge in [0.2, 0.25) is 0 Å². The monoisotopic (exact) mass is 457 g/mol. The molecule has 0 aliphatic rings. The van der Waals surface area contributed by atoms with Crippen molar-refractivity contribution in [2.45, 2.75) is 40.0 Å². The van der Waals surface area contributed by atoms with Crippen molar-refractivity contribution in [1.29, 1.82) is 0 Å². The van der Waals surface area contributed by atoms with E-state index in [4.69, 9.17) is 14.2 Å². The molecule has 0 aromatic heterocycles. The molecule has 0 heterocycles. The number of methoxy groups -OCH3 is 1. The van der Waals surface area contributed by atoms with Crippen LogP contribution in [0.4, 0.5) is 5.69 Å². The molecule has 0 fully saturated rings. The molecule has 0 saturated carbocycles. The summed E-state index contributed by atoms with van der Waals surface area (Å²) in [5, 5.41) is 2.48. The third-order valence-electron chi connectivity index (χ3n) is 4.67. The molecule has 0 aliphatic carbocycles. The molecule has 0 unspecified atom stereocenters. The summed E-state index contributed by atoms with van der Waals surface area (Å²) in [5.74, 6) is -0.00400. The van der Waals surface area contributed by atoms with Crippen LogP contribution in [0.3, 0.4) is 0 Å². The first-order valence-corrected chi connectivity index (χ1v) is 11.0. The second-order valence-electron chi connectivity index (χ2n) is 7.18. The topological polar surface area (TPSA) is 100 Å². The summed E-state index contributed by atoms with van der Waals surface area (Å²) in [6, 6.07) is 10.3. The van der Waals surface area contributed by atoms with Gasteiger partial charge in [0, 0.05) is 23.7 Å². The lowest BCUT2D eigenvalue weighted by molar-refractivity contribution is -0.152. The maximum atomic E-state index is 11.9. The molecule has 1 N–H and O–H groups in total. The average Bonchev–Trinajstić information content (AvgIpc) is 2.79. The van der Waals surface area contributed by atoms with Crippen LogP contribution in [0.25, 0.3) is 0 Å². The van der Waals surface area contributed by atoms with Gasteiger partial charge in [-0.2, -0.15) is 0 Å². The summed E-state index contributed by atoms with van der Waals surface area (Å²) >= 11 is 0. The molecule has 2 aromatic rings. The van der Waals surface area contributed by atoms with Crippen LogP contribution >= 0.6 is 0 Å². The first-order valence-electron chi connectivity index (χ1n) is 11.0. The molecule has 8 heteroatoms. The minimum absolute atomic E-state index is 0.0511. The Morgan fingerprint density at radius 2 is 1.76 bits per heavy atom. The lowest BCUT2D eigenvalue weighted by atomic mass is 10.0. The number of anilines is 1. The van der Waals surface area contributed by atoms with E-state index in [1.165, 1.54) is 6.92 Å². The highest BCUT2D eigenvalue weighted by atomic mass is 16.5. The molecule has 0 saturated heterocycles. The number of carbonyl (C=O) groups is 3. The third-order valence-corrected chi connectivity index (χ3v) is 4.67. The van der Waals surface area contributed by atoms with Gasteiger partial charge in [0.05, 0.1) is 32.5 Å². The Labute approximate surface area is 194 Å². The Hall–Kier alpha value is -3.55. The van der Waals surface area contributed by atoms with E-state index >= 15 is 0 Å². The van der Waals surface area contributed by atoms with Crippen molar-refractivity contribution in [2.24, 2.45) is 0 Å². The highest BCUT2D eigenvalue weighted by Gasteiger charge is 2.17. The molecule has 0 atom stereocenters. The number of rotatable bonds is 12. The van der Waals surface area contributed by atoms with Crippen molar-refractivity contribution in [3.8, 4) is 17.2 Å². The zero-order chi connectivity index (χ0) is 24.2. The first-order chi connectivity index (χ1) is 15.9. The van der Waals surface area contributed by atoms with Gasteiger partial charge in [0.15, 0.2) is 5.78 Å². The fourth-order valence-electron chi connectivity index (χ4n) is 3.22. The summed E-state index contributed by atoms with van der Waals surface area (Å²) < 4.78 is 21.9. The quantitative estimate of drug-likeness (QED) is 0.221. The van der Waals surface area contributed by atoms with Gasteiger partial charge in [-0.05, 0) is 44.5 Å². The Bertz CT molecular complexity index is 971. The number of Topliss-reactive ketones (excluding diaryl/α,β-unsaturated/α-hetero) is 1. The molecule has 2 rings (SSSR count).